The van der Waals surface area contributed by atoms with Gasteiger partial charge in [-0.05, 0) is 31.2 Å². The van der Waals surface area contributed by atoms with Gasteiger partial charge in [0.1, 0.15) is 5.82 Å². The molecule has 0 aliphatic heterocycles. The monoisotopic (exact) mass is 215 g/mol. The minimum Gasteiger partial charge on any atom is -0.298 e. The van der Waals surface area contributed by atoms with Gasteiger partial charge in [-0.15, -0.1) is 0 Å². The molecule has 0 N–H and O–H groups in total. The maximum absolute atomic E-state index is 13.4. The third-order valence-corrected chi connectivity index (χ3v) is 2.31. The van der Waals surface area contributed by atoms with Crippen molar-refractivity contribution in [3.8, 4) is 11.3 Å². The van der Waals surface area contributed by atoms with Crippen molar-refractivity contribution in [2.24, 2.45) is 0 Å². The number of hydrogen-bond donors (Lipinski definition) is 0. The zero-order chi connectivity index (χ0) is 11.5. The number of carbonyl (C=O) groups is 1. The van der Waals surface area contributed by atoms with E-state index in [9.17, 15) is 9.18 Å². The lowest BCUT2D eigenvalue weighted by atomic mass is 10.1. The summed E-state index contributed by atoms with van der Waals surface area (Å²) in [7, 11) is 0. The molecule has 1 heterocycles. The van der Waals surface area contributed by atoms with Gasteiger partial charge in [-0.1, -0.05) is 12.1 Å². The average Bonchev–Trinajstić information content (AvgIpc) is 2.29. The molecule has 0 aliphatic rings. The van der Waals surface area contributed by atoms with E-state index in [-0.39, 0.29) is 5.56 Å². The summed E-state index contributed by atoms with van der Waals surface area (Å²) in [6.45, 7) is 1.87. The first-order valence-corrected chi connectivity index (χ1v) is 4.89. The molecule has 16 heavy (non-hydrogen) atoms. The fraction of sp³-hybridized carbons (Fsp3) is 0.0769. The Hall–Kier alpha value is -2.03. The minimum atomic E-state index is -0.518. The second-order valence-electron chi connectivity index (χ2n) is 3.52. The van der Waals surface area contributed by atoms with E-state index in [0.29, 0.717) is 17.5 Å². The predicted octanol–water partition coefficient (Wildman–Crippen LogP) is 3.01. The standard InChI is InChI=1S/C13H10FNO/c1-9-3-2-4-13(15-9)10-5-6-11(8-16)12(14)7-10/h2-8H,1H3. The first kappa shape index (κ1) is 10.5. The largest absolute Gasteiger partial charge is 0.298 e. The van der Waals surface area contributed by atoms with Crippen molar-refractivity contribution in [3.05, 3.63) is 53.5 Å². The van der Waals surface area contributed by atoms with Crippen LogP contribution in [-0.4, -0.2) is 11.3 Å². The molecule has 0 atom stereocenters. The molecule has 0 radical (unpaired) electrons. The molecule has 0 unspecified atom stereocenters. The van der Waals surface area contributed by atoms with Gasteiger partial charge in [0, 0.05) is 11.3 Å². The zero-order valence-electron chi connectivity index (χ0n) is 8.77. The Labute approximate surface area is 92.8 Å². The Morgan fingerprint density at radius 3 is 2.69 bits per heavy atom. The van der Waals surface area contributed by atoms with Gasteiger partial charge in [0.2, 0.25) is 0 Å². The van der Waals surface area contributed by atoms with Crippen molar-refractivity contribution in [1.29, 1.82) is 0 Å². The smallest absolute Gasteiger partial charge is 0.152 e. The highest BCUT2D eigenvalue weighted by atomic mass is 19.1. The number of halogens is 1. The lowest BCUT2D eigenvalue weighted by Crippen LogP contribution is -1.91. The van der Waals surface area contributed by atoms with Crippen LogP contribution in [0.15, 0.2) is 36.4 Å². The summed E-state index contributed by atoms with van der Waals surface area (Å²) in [5, 5.41) is 0. The summed E-state index contributed by atoms with van der Waals surface area (Å²) in [6.07, 6.45) is 0.503. The predicted molar refractivity (Wildman–Crippen MR) is 59.8 cm³/mol. The Kier molecular flexibility index (Phi) is 2.77. The van der Waals surface area contributed by atoms with Crippen LogP contribution >= 0.6 is 0 Å². The number of hydrogen-bond acceptors (Lipinski definition) is 2. The van der Waals surface area contributed by atoms with Crippen molar-refractivity contribution in [3.63, 3.8) is 0 Å². The van der Waals surface area contributed by atoms with E-state index in [2.05, 4.69) is 4.98 Å². The second-order valence-corrected chi connectivity index (χ2v) is 3.52. The van der Waals surface area contributed by atoms with Gasteiger partial charge in [-0.25, -0.2) is 4.39 Å². The van der Waals surface area contributed by atoms with E-state index in [0.717, 1.165) is 5.69 Å². The van der Waals surface area contributed by atoms with Crippen LogP contribution in [-0.2, 0) is 0 Å². The van der Waals surface area contributed by atoms with Crippen LogP contribution in [0, 0.1) is 12.7 Å². The third kappa shape index (κ3) is 1.98. The van der Waals surface area contributed by atoms with Crippen LogP contribution in [0.2, 0.25) is 0 Å². The Morgan fingerprint density at radius 1 is 1.25 bits per heavy atom. The van der Waals surface area contributed by atoms with E-state index < -0.39 is 5.82 Å². The number of pyridine rings is 1. The molecule has 2 aromatic rings. The number of aldehydes is 1. The molecule has 0 saturated heterocycles. The summed E-state index contributed by atoms with van der Waals surface area (Å²) in [4.78, 5) is 14.8. The van der Waals surface area contributed by atoms with Crippen LogP contribution in [0.4, 0.5) is 4.39 Å². The Balaban J connectivity index is 2.49. The minimum absolute atomic E-state index is 0.0661. The van der Waals surface area contributed by atoms with Crippen LogP contribution in [0.1, 0.15) is 16.1 Å². The molecular formula is C13H10FNO. The summed E-state index contributed by atoms with van der Waals surface area (Å²) >= 11 is 0. The van der Waals surface area contributed by atoms with Crippen LogP contribution in [0.25, 0.3) is 11.3 Å². The van der Waals surface area contributed by atoms with E-state index in [4.69, 9.17) is 0 Å². The lowest BCUT2D eigenvalue weighted by Gasteiger charge is -2.03. The molecule has 80 valence electrons. The van der Waals surface area contributed by atoms with Gasteiger partial charge < -0.3 is 0 Å². The van der Waals surface area contributed by atoms with Crippen molar-refractivity contribution < 1.29 is 9.18 Å². The van der Waals surface area contributed by atoms with Gasteiger partial charge in [-0.3, -0.25) is 9.78 Å². The highest BCUT2D eigenvalue weighted by Gasteiger charge is 2.05. The number of carbonyl (C=O) groups excluding carboxylic acids is 1. The maximum Gasteiger partial charge on any atom is 0.152 e. The zero-order valence-corrected chi connectivity index (χ0v) is 8.77. The molecule has 0 spiro atoms. The van der Waals surface area contributed by atoms with Gasteiger partial charge in [0.25, 0.3) is 0 Å². The van der Waals surface area contributed by atoms with E-state index in [1.165, 1.54) is 12.1 Å². The number of aromatic nitrogens is 1. The number of aryl methyl sites for hydroxylation is 1. The molecule has 2 nitrogen and oxygen atoms in total. The van der Waals surface area contributed by atoms with Gasteiger partial charge in [0.05, 0.1) is 11.3 Å². The molecule has 0 aliphatic carbocycles. The second kappa shape index (κ2) is 4.23. The molecule has 0 bridgehead atoms. The third-order valence-electron chi connectivity index (χ3n) is 2.31. The molecule has 3 heteroatoms. The highest BCUT2D eigenvalue weighted by Crippen LogP contribution is 2.19. The number of rotatable bonds is 2. The van der Waals surface area contributed by atoms with Crippen molar-refractivity contribution in [1.82, 2.24) is 4.98 Å². The maximum atomic E-state index is 13.4. The first-order chi connectivity index (χ1) is 7.70. The van der Waals surface area contributed by atoms with Crippen molar-refractivity contribution in [2.75, 3.05) is 0 Å². The SMILES string of the molecule is Cc1cccc(-c2ccc(C=O)c(F)c2)n1. The summed E-state index contributed by atoms with van der Waals surface area (Å²) in [5.41, 5.74) is 2.32. The molecule has 1 aromatic carbocycles. The molecule has 2 rings (SSSR count). The van der Waals surface area contributed by atoms with Gasteiger partial charge in [-0.2, -0.15) is 0 Å². The summed E-state index contributed by atoms with van der Waals surface area (Å²) in [6, 6.07) is 10.0. The van der Waals surface area contributed by atoms with E-state index in [1.807, 2.05) is 25.1 Å². The Bertz CT molecular complexity index is 537. The van der Waals surface area contributed by atoms with Crippen LogP contribution in [0.3, 0.4) is 0 Å². The highest BCUT2D eigenvalue weighted by molar-refractivity contribution is 5.77. The lowest BCUT2D eigenvalue weighted by molar-refractivity contribution is 0.112. The summed E-state index contributed by atoms with van der Waals surface area (Å²) in [5.74, 6) is -0.518. The van der Waals surface area contributed by atoms with Gasteiger partial charge >= 0.3 is 0 Å². The quantitative estimate of drug-likeness (QED) is 0.721. The number of nitrogens with zero attached hydrogens (tertiary/aromatic N) is 1. The van der Waals surface area contributed by atoms with Gasteiger partial charge in [0.15, 0.2) is 6.29 Å². The molecule has 0 amide bonds. The van der Waals surface area contributed by atoms with Crippen molar-refractivity contribution in [2.45, 2.75) is 6.92 Å². The van der Waals surface area contributed by atoms with E-state index >= 15 is 0 Å². The Morgan fingerprint density at radius 2 is 2.06 bits per heavy atom. The first-order valence-electron chi connectivity index (χ1n) is 4.89. The van der Waals surface area contributed by atoms with Crippen LogP contribution in [0.5, 0.6) is 0 Å². The number of benzene rings is 1. The summed E-state index contributed by atoms with van der Waals surface area (Å²) < 4.78 is 13.4. The van der Waals surface area contributed by atoms with Crippen molar-refractivity contribution >= 4 is 6.29 Å². The van der Waals surface area contributed by atoms with Crippen LogP contribution < -0.4 is 0 Å². The van der Waals surface area contributed by atoms with E-state index in [1.54, 1.807) is 6.07 Å². The fourth-order valence-electron chi connectivity index (χ4n) is 1.49. The average molecular weight is 215 g/mol. The topological polar surface area (TPSA) is 30.0 Å². The normalized spacial score (nSPS) is 10.1. The molecule has 0 saturated carbocycles. The fourth-order valence-corrected chi connectivity index (χ4v) is 1.49. The molecular weight excluding hydrogens is 205 g/mol. The molecule has 0 fully saturated rings. The molecule has 1 aromatic heterocycles.